The first-order valence-electron chi connectivity index (χ1n) is 14.4. The molecule has 0 bridgehead atoms. The number of aliphatic hydroxyl groups excluding tert-OH is 1. The van der Waals surface area contributed by atoms with E-state index in [-0.39, 0.29) is 18.4 Å². The summed E-state index contributed by atoms with van der Waals surface area (Å²) in [5, 5.41) is 13.7. The number of nitrogens with one attached hydrogen (secondary N) is 1. The number of carbonyl (C=O) groups excluding carboxylic acids is 1. The third-order valence-corrected chi connectivity index (χ3v) is 8.11. The fourth-order valence-electron chi connectivity index (χ4n) is 5.58. The number of nitrogens with two attached hydrogens (primary N) is 1. The smallest absolute Gasteiger partial charge is 0.242 e. The lowest BCUT2D eigenvalue weighted by atomic mass is 9.79. The third-order valence-electron chi connectivity index (χ3n) is 8.11. The van der Waals surface area contributed by atoms with E-state index < -0.39 is 29.7 Å². The Balaban J connectivity index is 1.34. The molecule has 0 radical (unpaired) electrons. The molecule has 9 heteroatoms. The molecular weight excluding hydrogens is 523 g/mol. The number of anilines is 1. The van der Waals surface area contributed by atoms with Crippen molar-refractivity contribution >= 4 is 11.6 Å². The average Bonchev–Trinajstić information content (AvgIpc) is 3.74. The molecule has 2 fully saturated rings. The van der Waals surface area contributed by atoms with E-state index in [2.05, 4.69) is 10.3 Å². The van der Waals surface area contributed by atoms with Gasteiger partial charge in [-0.05, 0) is 73.1 Å². The summed E-state index contributed by atoms with van der Waals surface area (Å²) in [5.74, 6) is -0.343. The maximum Gasteiger partial charge on any atom is 0.242 e. The van der Waals surface area contributed by atoms with E-state index >= 15 is 4.39 Å². The highest BCUT2D eigenvalue weighted by Gasteiger charge is 2.41. The third kappa shape index (κ3) is 7.17. The van der Waals surface area contributed by atoms with Crippen LogP contribution in [0.15, 0.2) is 73.1 Å². The van der Waals surface area contributed by atoms with Gasteiger partial charge in [0.05, 0.1) is 30.0 Å². The van der Waals surface area contributed by atoms with Gasteiger partial charge in [0.2, 0.25) is 12.3 Å². The molecule has 1 aromatic heterocycles. The zero-order valence-corrected chi connectivity index (χ0v) is 23.4. The first-order valence-corrected chi connectivity index (χ1v) is 14.4. The van der Waals surface area contributed by atoms with Gasteiger partial charge in [0.1, 0.15) is 5.82 Å². The lowest BCUT2D eigenvalue weighted by molar-refractivity contribution is -0.205. The van der Waals surface area contributed by atoms with E-state index in [0.29, 0.717) is 37.5 Å². The van der Waals surface area contributed by atoms with Crippen LogP contribution in [0.4, 0.5) is 10.1 Å². The van der Waals surface area contributed by atoms with Crippen molar-refractivity contribution in [3.8, 4) is 0 Å². The van der Waals surface area contributed by atoms with Gasteiger partial charge in [0, 0.05) is 25.5 Å². The molecule has 1 saturated heterocycles. The number of pyridine rings is 1. The minimum Gasteiger partial charge on any atom is -0.377 e. The highest BCUT2D eigenvalue weighted by atomic mass is 19.1. The molecule has 2 aromatic carbocycles. The number of nitrogens with zero attached hydrogens (tertiary/aromatic N) is 2. The number of carbonyl (C=O) groups is 1. The number of benzene rings is 2. The normalized spacial score (nSPS) is 21.4. The SMILES string of the molecule is CCO[C@@H]1C[C@H](C(=O)Nc2cc(C(N)(CCC3CC3)c3ccncc3)ccc2F)N(C(O)OCc2ccccc2)C1. The Morgan fingerprint density at radius 1 is 1.17 bits per heavy atom. The van der Waals surface area contributed by atoms with Gasteiger partial charge in [0.25, 0.3) is 0 Å². The minimum atomic E-state index is -1.33. The number of rotatable bonds is 13. The van der Waals surface area contributed by atoms with E-state index in [0.717, 1.165) is 17.5 Å². The molecule has 2 heterocycles. The molecule has 1 aliphatic heterocycles. The van der Waals surface area contributed by atoms with Crippen LogP contribution >= 0.6 is 0 Å². The number of ether oxygens (including phenoxy) is 2. The van der Waals surface area contributed by atoms with E-state index in [1.807, 2.05) is 49.4 Å². The molecule has 2 unspecified atom stereocenters. The Kier molecular flexibility index (Phi) is 9.42. The Morgan fingerprint density at radius 2 is 1.93 bits per heavy atom. The largest absolute Gasteiger partial charge is 0.377 e. The Labute approximate surface area is 240 Å². The molecule has 1 amide bonds. The summed E-state index contributed by atoms with van der Waals surface area (Å²) in [6, 6.07) is 17.1. The number of aliphatic hydroxyl groups is 1. The fourth-order valence-corrected chi connectivity index (χ4v) is 5.58. The predicted octanol–water partition coefficient (Wildman–Crippen LogP) is 4.52. The van der Waals surface area contributed by atoms with Crippen LogP contribution in [-0.4, -0.2) is 52.6 Å². The molecule has 3 aromatic rings. The summed E-state index contributed by atoms with van der Waals surface area (Å²) >= 11 is 0. The van der Waals surface area contributed by atoms with Crippen molar-refractivity contribution in [1.29, 1.82) is 0 Å². The number of aromatic nitrogens is 1. The second kappa shape index (κ2) is 13.2. The quantitative estimate of drug-likeness (QED) is 0.263. The molecule has 1 saturated carbocycles. The van der Waals surface area contributed by atoms with Crippen molar-refractivity contribution in [2.45, 2.75) is 69.7 Å². The standard InChI is InChI=1S/C32H39FN4O4/c1-2-40-26-19-29(37(20-26)31(39)41-21-23-6-4-3-5-7-23)30(38)36-28-18-25(10-11-27(28)33)32(34,15-12-22-8-9-22)24-13-16-35-17-14-24/h3-7,10-11,13-14,16-18,22,26,29,31,39H,2,8-9,12,15,19-21,34H2,1H3,(H,36,38)/t26-,29-,31?,32?/m1/s1. The van der Waals surface area contributed by atoms with Gasteiger partial charge in [-0.25, -0.2) is 9.29 Å². The Bertz CT molecular complexity index is 1290. The van der Waals surface area contributed by atoms with Crippen LogP contribution < -0.4 is 11.1 Å². The molecular formula is C32H39FN4O4. The summed E-state index contributed by atoms with van der Waals surface area (Å²) in [4.78, 5) is 19.3. The van der Waals surface area contributed by atoms with Crippen molar-refractivity contribution in [2.24, 2.45) is 11.7 Å². The van der Waals surface area contributed by atoms with Crippen LogP contribution in [0, 0.1) is 11.7 Å². The van der Waals surface area contributed by atoms with E-state index in [9.17, 15) is 9.90 Å². The molecule has 0 spiro atoms. The van der Waals surface area contributed by atoms with Crippen molar-refractivity contribution in [3.05, 3.63) is 95.6 Å². The number of amides is 1. The monoisotopic (exact) mass is 562 g/mol. The first kappa shape index (κ1) is 29.3. The van der Waals surface area contributed by atoms with E-state index in [1.54, 1.807) is 29.4 Å². The molecule has 1 aliphatic carbocycles. The molecule has 2 aliphatic rings. The van der Waals surface area contributed by atoms with Crippen LogP contribution in [0.2, 0.25) is 0 Å². The summed E-state index contributed by atoms with van der Waals surface area (Å²) in [6.45, 7) is 2.84. The number of halogens is 1. The van der Waals surface area contributed by atoms with E-state index in [1.165, 1.54) is 18.9 Å². The van der Waals surface area contributed by atoms with Gasteiger partial charge in [-0.3, -0.25) is 9.78 Å². The number of likely N-dealkylation sites (tertiary alicyclic amines) is 1. The van der Waals surface area contributed by atoms with Crippen LogP contribution in [0.25, 0.3) is 0 Å². The zero-order chi connectivity index (χ0) is 28.8. The van der Waals surface area contributed by atoms with Crippen LogP contribution in [0.3, 0.4) is 0 Å². The average molecular weight is 563 g/mol. The van der Waals surface area contributed by atoms with Crippen molar-refractivity contribution in [1.82, 2.24) is 9.88 Å². The van der Waals surface area contributed by atoms with Crippen LogP contribution in [-0.2, 0) is 26.4 Å². The van der Waals surface area contributed by atoms with Gasteiger partial charge in [-0.2, -0.15) is 0 Å². The van der Waals surface area contributed by atoms with Crippen LogP contribution in [0.1, 0.15) is 55.7 Å². The molecule has 8 nitrogen and oxygen atoms in total. The Morgan fingerprint density at radius 3 is 2.63 bits per heavy atom. The molecule has 218 valence electrons. The lowest BCUT2D eigenvalue weighted by Crippen LogP contribution is -2.46. The highest BCUT2D eigenvalue weighted by Crippen LogP contribution is 2.40. The number of hydrogen-bond donors (Lipinski definition) is 3. The van der Waals surface area contributed by atoms with Gasteiger partial charge < -0.3 is 25.6 Å². The van der Waals surface area contributed by atoms with Gasteiger partial charge >= 0.3 is 0 Å². The second-order valence-corrected chi connectivity index (χ2v) is 11.0. The van der Waals surface area contributed by atoms with Gasteiger partial charge in [-0.15, -0.1) is 0 Å². The molecule has 4 atom stereocenters. The fraction of sp³-hybridized carbons (Fsp3) is 0.438. The summed E-state index contributed by atoms with van der Waals surface area (Å²) in [7, 11) is 0. The highest BCUT2D eigenvalue weighted by molar-refractivity contribution is 5.95. The second-order valence-electron chi connectivity index (χ2n) is 11.0. The molecule has 4 N–H and O–H groups in total. The summed E-state index contributed by atoms with van der Waals surface area (Å²) in [5.41, 5.74) is 8.72. The van der Waals surface area contributed by atoms with Gasteiger partial charge in [0.15, 0.2) is 0 Å². The zero-order valence-electron chi connectivity index (χ0n) is 23.4. The van der Waals surface area contributed by atoms with Crippen molar-refractivity contribution < 1.29 is 23.8 Å². The maximum atomic E-state index is 15.1. The first-order chi connectivity index (χ1) is 19.9. The topological polar surface area (TPSA) is 110 Å². The molecule has 5 rings (SSSR count). The summed E-state index contributed by atoms with van der Waals surface area (Å²) < 4.78 is 26.6. The molecule has 41 heavy (non-hydrogen) atoms. The van der Waals surface area contributed by atoms with Crippen LogP contribution in [0.5, 0.6) is 0 Å². The van der Waals surface area contributed by atoms with E-state index in [4.69, 9.17) is 15.2 Å². The van der Waals surface area contributed by atoms with Crippen molar-refractivity contribution in [2.75, 3.05) is 18.5 Å². The van der Waals surface area contributed by atoms with Crippen molar-refractivity contribution in [3.63, 3.8) is 0 Å². The number of hydrogen-bond acceptors (Lipinski definition) is 7. The summed E-state index contributed by atoms with van der Waals surface area (Å²) in [6.07, 6.45) is 6.21. The predicted molar refractivity (Wildman–Crippen MR) is 154 cm³/mol. The lowest BCUT2D eigenvalue weighted by Gasteiger charge is -2.32. The minimum absolute atomic E-state index is 0.0438. The maximum absolute atomic E-state index is 15.1. The van der Waals surface area contributed by atoms with Gasteiger partial charge in [-0.1, -0.05) is 49.2 Å². The Hall–Kier alpha value is -3.21.